The van der Waals surface area contributed by atoms with Crippen molar-refractivity contribution >= 4 is 12.2 Å². The van der Waals surface area contributed by atoms with Crippen LogP contribution in [0.3, 0.4) is 0 Å². The van der Waals surface area contributed by atoms with Gasteiger partial charge in [0, 0.05) is 28.2 Å². The SMILES string of the molecule is CCc1[nH]c(-c2cc(C)nc(C)c2)nc(=S)c1C. The van der Waals surface area contributed by atoms with Crippen LogP contribution in [0.1, 0.15) is 29.6 Å². The average molecular weight is 259 g/mol. The number of pyridine rings is 1. The topological polar surface area (TPSA) is 41.6 Å². The van der Waals surface area contributed by atoms with E-state index in [9.17, 15) is 0 Å². The fourth-order valence-electron chi connectivity index (χ4n) is 2.04. The summed E-state index contributed by atoms with van der Waals surface area (Å²) < 4.78 is 0.674. The van der Waals surface area contributed by atoms with Gasteiger partial charge in [-0.3, -0.25) is 4.98 Å². The summed E-state index contributed by atoms with van der Waals surface area (Å²) in [5, 5.41) is 0. The molecule has 0 amide bonds. The summed E-state index contributed by atoms with van der Waals surface area (Å²) in [7, 11) is 0. The quantitative estimate of drug-likeness (QED) is 0.836. The summed E-state index contributed by atoms with van der Waals surface area (Å²) in [6.07, 6.45) is 0.925. The summed E-state index contributed by atoms with van der Waals surface area (Å²) in [5.74, 6) is 0.830. The maximum Gasteiger partial charge on any atom is 0.139 e. The fraction of sp³-hybridized carbons (Fsp3) is 0.357. The van der Waals surface area contributed by atoms with Crippen molar-refractivity contribution in [2.24, 2.45) is 0 Å². The molecule has 94 valence electrons. The van der Waals surface area contributed by atoms with E-state index in [1.54, 1.807) is 0 Å². The minimum Gasteiger partial charge on any atom is -0.343 e. The maximum absolute atomic E-state index is 5.31. The lowest BCUT2D eigenvalue weighted by molar-refractivity contribution is 0.966. The van der Waals surface area contributed by atoms with Gasteiger partial charge >= 0.3 is 0 Å². The summed E-state index contributed by atoms with van der Waals surface area (Å²) in [4.78, 5) is 12.2. The molecule has 2 rings (SSSR count). The number of aromatic nitrogens is 3. The first-order valence-electron chi connectivity index (χ1n) is 6.06. The molecule has 0 unspecified atom stereocenters. The van der Waals surface area contributed by atoms with Gasteiger partial charge in [-0.2, -0.15) is 0 Å². The van der Waals surface area contributed by atoms with Gasteiger partial charge in [-0.05, 0) is 39.3 Å². The van der Waals surface area contributed by atoms with Crippen LogP contribution in [0.5, 0.6) is 0 Å². The van der Waals surface area contributed by atoms with Gasteiger partial charge in [-0.25, -0.2) is 4.98 Å². The Morgan fingerprint density at radius 2 is 1.72 bits per heavy atom. The molecule has 0 aliphatic heterocycles. The molecule has 0 radical (unpaired) electrons. The Kier molecular flexibility index (Phi) is 3.57. The summed E-state index contributed by atoms with van der Waals surface area (Å²) in [6.45, 7) is 8.10. The smallest absolute Gasteiger partial charge is 0.139 e. The molecule has 0 spiro atoms. The Labute approximate surface area is 112 Å². The fourth-order valence-corrected chi connectivity index (χ4v) is 2.26. The van der Waals surface area contributed by atoms with E-state index in [0.29, 0.717) is 4.64 Å². The van der Waals surface area contributed by atoms with Crippen molar-refractivity contribution in [2.75, 3.05) is 0 Å². The number of nitrogens with one attached hydrogen (secondary N) is 1. The molecule has 0 saturated carbocycles. The lowest BCUT2D eigenvalue weighted by Gasteiger charge is -2.09. The molecule has 1 N–H and O–H groups in total. The van der Waals surface area contributed by atoms with Gasteiger partial charge in [-0.15, -0.1) is 0 Å². The van der Waals surface area contributed by atoms with Crippen LogP contribution in [0.15, 0.2) is 12.1 Å². The zero-order valence-electron chi connectivity index (χ0n) is 11.2. The van der Waals surface area contributed by atoms with Crippen molar-refractivity contribution in [1.82, 2.24) is 15.0 Å². The normalized spacial score (nSPS) is 10.7. The third-order valence-corrected chi connectivity index (χ3v) is 3.36. The first-order valence-corrected chi connectivity index (χ1v) is 6.47. The Morgan fingerprint density at radius 3 is 2.28 bits per heavy atom. The van der Waals surface area contributed by atoms with Crippen LogP contribution in [0.2, 0.25) is 0 Å². The van der Waals surface area contributed by atoms with E-state index in [-0.39, 0.29) is 0 Å². The van der Waals surface area contributed by atoms with Crippen molar-refractivity contribution < 1.29 is 0 Å². The largest absolute Gasteiger partial charge is 0.343 e. The van der Waals surface area contributed by atoms with Crippen LogP contribution in [-0.4, -0.2) is 15.0 Å². The van der Waals surface area contributed by atoms with E-state index >= 15 is 0 Å². The van der Waals surface area contributed by atoms with Crippen molar-refractivity contribution in [2.45, 2.75) is 34.1 Å². The molecule has 0 aliphatic rings. The monoisotopic (exact) mass is 259 g/mol. The van der Waals surface area contributed by atoms with Crippen LogP contribution in [0.25, 0.3) is 11.4 Å². The number of nitrogens with zero attached hydrogens (tertiary/aromatic N) is 2. The maximum atomic E-state index is 5.31. The van der Waals surface area contributed by atoms with E-state index in [2.05, 4.69) is 21.9 Å². The summed E-state index contributed by atoms with van der Waals surface area (Å²) >= 11 is 5.31. The van der Waals surface area contributed by atoms with E-state index in [0.717, 1.165) is 40.5 Å². The summed E-state index contributed by atoms with van der Waals surface area (Å²) in [5.41, 5.74) is 5.24. The predicted molar refractivity (Wildman–Crippen MR) is 76.2 cm³/mol. The van der Waals surface area contributed by atoms with Gasteiger partial charge in [0.15, 0.2) is 0 Å². The van der Waals surface area contributed by atoms with Gasteiger partial charge in [0.25, 0.3) is 0 Å². The number of aromatic amines is 1. The molecule has 2 aromatic rings. The highest BCUT2D eigenvalue weighted by molar-refractivity contribution is 7.71. The zero-order chi connectivity index (χ0) is 13.3. The number of hydrogen-bond acceptors (Lipinski definition) is 3. The second-order valence-electron chi connectivity index (χ2n) is 4.49. The Bertz CT molecular complexity index is 624. The third-order valence-electron chi connectivity index (χ3n) is 2.96. The molecule has 0 aliphatic carbocycles. The van der Waals surface area contributed by atoms with Crippen molar-refractivity contribution in [3.8, 4) is 11.4 Å². The highest BCUT2D eigenvalue weighted by Crippen LogP contribution is 2.19. The van der Waals surface area contributed by atoms with Gasteiger partial charge in [0.2, 0.25) is 0 Å². The van der Waals surface area contributed by atoms with E-state index < -0.39 is 0 Å². The standard InChI is InChI=1S/C14H17N3S/c1-5-12-10(4)14(18)17-13(16-12)11-6-8(2)15-9(3)7-11/h6-7H,5H2,1-4H3,(H,16,17,18). The average Bonchev–Trinajstić information content (AvgIpc) is 2.31. The Balaban J connectivity index is 2.64. The van der Waals surface area contributed by atoms with Crippen LogP contribution < -0.4 is 0 Å². The lowest BCUT2D eigenvalue weighted by atomic mass is 10.1. The molecular weight excluding hydrogens is 242 g/mol. The molecule has 2 heterocycles. The molecule has 0 fully saturated rings. The molecule has 4 heteroatoms. The molecule has 3 nitrogen and oxygen atoms in total. The molecule has 0 bridgehead atoms. The molecule has 0 aromatic carbocycles. The number of rotatable bonds is 2. The minimum atomic E-state index is 0.674. The highest BCUT2D eigenvalue weighted by Gasteiger charge is 2.07. The molecule has 2 aromatic heterocycles. The number of hydrogen-bond donors (Lipinski definition) is 1. The van der Waals surface area contributed by atoms with Crippen LogP contribution in [0, 0.1) is 25.4 Å². The highest BCUT2D eigenvalue weighted by atomic mass is 32.1. The van der Waals surface area contributed by atoms with Gasteiger partial charge in [0.05, 0.1) is 0 Å². The predicted octanol–water partition coefficient (Wildman–Crippen LogP) is 3.69. The number of aryl methyl sites for hydroxylation is 3. The summed E-state index contributed by atoms with van der Waals surface area (Å²) in [6, 6.07) is 4.05. The zero-order valence-corrected chi connectivity index (χ0v) is 12.0. The molecular formula is C14H17N3S. The Hall–Kier alpha value is -1.55. The van der Waals surface area contributed by atoms with Gasteiger partial charge in [0.1, 0.15) is 10.5 Å². The van der Waals surface area contributed by atoms with E-state index in [1.165, 1.54) is 0 Å². The van der Waals surface area contributed by atoms with Crippen LogP contribution in [0.4, 0.5) is 0 Å². The second-order valence-corrected chi connectivity index (χ2v) is 4.87. The molecule has 0 saturated heterocycles. The van der Waals surface area contributed by atoms with Gasteiger partial charge in [-0.1, -0.05) is 19.1 Å². The lowest BCUT2D eigenvalue weighted by Crippen LogP contribution is -2.00. The van der Waals surface area contributed by atoms with Crippen molar-refractivity contribution in [3.05, 3.63) is 39.4 Å². The van der Waals surface area contributed by atoms with Crippen molar-refractivity contribution in [1.29, 1.82) is 0 Å². The molecule has 0 atom stereocenters. The third kappa shape index (κ3) is 2.48. The van der Waals surface area contributed by atoms with E-state index in [4.69, 9.17) is 12.2 Å². The van der Waals surface area contributed by atoms with Gasteiger partial charge < -0.3 is 4.98 Å². The first-order chi connectivity index (χ1) is 8.51. The van der Waals surface area contributed by atoms with E-state index in [1.807, 2.05) is 32.9 Å². The van der Waals surface area contributed by atoms with Crippen molar-refractivity contribution in [3.63, 3.8) is 0 Å². The minimum absolute atomic E-state index is 0.674. The van der Waals surface area contributed by atoms with Crippen LogP contribution in [-0.2, 0) is 6.42 Å². The second kappa shape index (κ2) is 4.98. The Morgan fingerprint density at radius 1 is 1.11 bits per heavy atom. The van der Waals surface area contributed by atoms with Crippen LogP contribution >= 0.6 is 12.2 Å². The first kappa shape index (κ1) is 12.9. The molecule has 18 heavy (non-hydrogen) atoms. The number of H-pyrrole nitrogens is 1.